The van der Waals surface area contributed by atoms with E-state index >= 15 is 0 Å². The summed E-state index contributed by atoms with van der Waals surface area (Å²) < 4.78 is 26.1. The average Bonchev–Trinajstić information content (AvgIpc) is 2.43. The molecule has 0 saturated heterocycles. The zero-order valence-electron chi connectivity index (χ0n) is 10.9. The van der Waals surface area contributed by atoms with Gasteiger partial charge in [-0.3, -0.25) is 0 Å². The number of para-hydroxylation sites is 1. The van der Waals surface area contributed by atoms with Gasteiger partial charge in [0.05, 0.1) is 0 Å². The summed E-state index contributed by atoms with van der Waals surface area (Å²) >= 11 is 5.01. The van der Waals surface area contributed by atoms with Crippen molar-refractivity contribution in [3.63, 3.8) is 0 Å². The number of nitrogens with zero attached hydrogens (tertiary/aromatic N) is 1. The fraction of sp³-hybridized carbons (Fsp3) is 0.133. The van der Waals surface area contributed by atoms with Gasteiger partial charge >= 0.3 is 0 Å². The molecule has 2 N–H and O–H groups in total. The molecule has 0 spiro atoms. The molecule has 20 heavy (non-hydrogen) atoms. The zero-order valence-corrected chi connectivity index (χ0v) is 11.8. The molecule has 0 fully saturated rings. The van der Waals surface area contributed by atoms with E-state index in [1.54, 1.807) is 6.07 Å². The highest BCUT2D eigenvalue weighted by Crippen LogP contribution is 2.21. The van der Waals surface area contributed by atoms with E-state index in [2.05, 4.69) is 0 Å². The van der Waals surface area contributed by atoms with Crippen LogP contribution in [0, 0.1) is 11.6 Å². The molecule has 2 nitrogen and oxygen atoms in total. The predicted octanol–water partition coefficient (Wildman–Crippen LogP) is 3.24. The Labute approximate surface area is 121 Å². The molecule has 0 aliphatic rings. The van der Waals surface area contributed by atoms with Crippen LogP contribution in [-0.2, 0) is 6.54 Å². The lowest BCUT2D eigenvalue weighted by Gasteiger charge is -2.22. The van der Waals surface area contributed by atoms with E-state index in [4.69, 9.17) is 18.0 Å². The topological polar surface area (TPSA) is 29.3 Å². The molecule has 0 unspecified atom stereocenters. The highest BCUT2D eigenvalue weighted by atomic mass is 32.1. The Morgan fingerprint density at radius 1 is 1.15 bits per heavy atom. The van der Waals surface area contributed by atoms with E-state index < -0.39 is 11.6 Å². The van der Waals surface area contributed by atoms with Crippen LogP contribution in [0.4, 0.5) is 14.5 Å². The Morgan fingerprint density at radius 3 is 2.50 bits per heavy atom. The van der Waals surface area contributed by atoms with Crippen molar-refractivity contribution in [3.8, 4) is 0 Å². The van der Waals surface area contributed by atoms with Gasteiger partial charge in [0.1, 0.15) is 4.99 Å². The van der Waals surface area contributed by atoms with Crippen LogP contribution in [0.5, 0.6) is 0 Å². The maximum atomic E-state index is 13.2. The van der Waals surface area contributed by atoms with E-state index in [0.717, 1.165) is 17.3 Å². The van der Waals surface area contributed by atoms with Gasteiger partial charge in [0, 0.05) is 24.8 Å². The van der Waals surface area contributed by atoms with Crippen LogP contribution in [0.15, 0.2) is 42.5 Å². The Hall–Kier alpha value is -2.01. The fourth-order valence-corrected chi connectivity index (χ4v) is 2.18. The Morgan fingerprint density at radius 2 is 1.85 bits per heavy atom. The third kappa shape index (κ3) is 3.11. The van der Waals surface area contributed by atoms with Crippen LogP contribution in [0.25, 0.3) is 0 Å². The van der Waals surface area contributed by atoms with E-state index in [9.17, 15) is 8.78 Å². The van der Waals surface area contributed by atoms with Crippen LogP contribution < -0.4 is 10.6 Å². The van der Waals surface area contributed by atoms with Crippen LogP contribution in [0.3, 0.4) is 0 Å². The summed E-state index contributed by atoms with van der Waals surface area (Å²) in [6, 6.07) is 11.3. The summed E-state index contributed by atoms with van der Waals surface area (Å²) in [6.45, 7) is 0.427. The molecule has 0 radical (unpaired) electrons. The highest BCUT2D eigenvalue weighted by Gasteiger charge is 2.10. The van der Waals surface area contributed by atoms with Gasteiger partial charge in [-0.2, -0.15) is 0 Å². The Bertz CT molecular complexity index is 644. The second-order valence-corrected chi connectivity index (χ2v) is 4.93. The number of halogens is 2. The van der Waals surface area contributed by atoms with Gasteiger partial charge in [0.15, 0.2) is 11.6 Å². The van der Waals surface area contributed by atoms with Gasteiger partial charge < -0.3 is 10.6 Å². The lowest BCUT2D eigenvalue weighted by molar-refractivity contribution is 0.507. The number of nitrogens with two attached hydrogens (primary N) is 1. The molecule has 5 heteroatoms. The van der Waals surface area contributed by atoms with Crippen molar-refractivity contribution < 1.29 is 8.78 Å². The second-order valence-electron chi connectivity index (χ2n) is 4.49. The van der Waals surface area contributed by atoms with Gasteiger partial charge in [-0.15, -0.1) is 0 Å². The van der Waals surface area contributed by atoms with Crippen molar-refractivity contribution in [3.05, 3.63) is 65.2 Å². The molecule has 104 valence electrons. The fourth-order valence-electron chi connectivity index (χ4n) is 2.01. The molecule has 0 aromatic heterocycles. The first-order valence-corrected chi connectivity index (χ1v) is 6.43. The first-order valence-electron chi connectivity index (χ1n) is 6.03. The summed E-state index contributed by atoms with van der Waals surface area (Å²) in [7, 11) is 1.85. The maximum absolute atomic E-state index is 13.2. The summed E-state index contributed by atoms with van der Waals surface area (Å²) in [5.74, 6) is -1.70. The minimum atomic E-state index is -0.849. The smallest absolute Gasteiger partial charge is 0.159 e. The molecular weight excluding hydrogens is 278 g/mol. The van der Waals surface area contributed by atoms with Crippen molar-refractivity contribution in [1.29, 1.82) is 0 Å². The summed E-state index contributed by atoms with van der Waals surface area (Å²) in [5.41, 5.74) is 7.96. The average molecular weight is 292 g/mol. The molecule has 0 aliphatic carbocycles. The number of benzene rings is 2. The molecule has 0 saturated carbocycles. The van der Waals surface area contributed by atoms with Crippen LogP contribution in [0.1, 0.15) is 11.1 Å². The second kappa shape index (κ2) is 5.96. The molecule has 0 heterocycles. The number of anilines is 1. The predicted molar refractivity (Wildman–Crippen MR) is 80.8 cm³/mol. The van der Waals surface area contributed by atoms with Crippen LogP contribution in [-0.4, -0.2) is 12.0 Å². The molecule has 2 aromatic rings. The molecule has 2 aromatic carbocycles. The molecule has 0 atom stereocenters. The van der Waals surface area contributed by atoms with Crippen LogP contribution in [0.2, 0.25) is 0 Å². The van der Waals surface area contributed by atoms with Crippen molar-refractivity contribution in [2.75, 3.05) is 11.9 Å². The van der Waals surface area contributed by atoms with Crippen molar-refractivity contribution >= 4 is 22.9 Å². The quantitative estimate of drug-likeness (QED) is 0.877. The van der Waals surface area contributed by atoms with Gasteiger partial charge in [0.2, 0.25) is 0 Å². The molecule has 0 bridgehead atoms. The Balaban J connectivity index is 2.26. The summed E-state index contributed by atoms with van der Waals surface area (Å²) in [4.78, 5) is 2.19. The number of rotatable bonds is 4. The van der Waals surface area contributed by atoms with Crippen molar-refractivity contribution in [2.45, 2.75) is 6.54 Å². The lowest BCUT2D eigenvalue weighted by atomic mass is 10.1. The third-order valence-electron chi connectivity index (χ3n) is 2.98. The molecule has 0 aliphatic heterocycles. The van der Waals surface area contributed by atoms with Crippen LogP contribution >= 0.6 is 12.2 Å². The third-order valence-corrected chi connectivity index (χ3v) is 3.20. The van der Waals surface area contributed by atoms with E-state index in [1.807, 2.05) is 36.2 Å². The maximum Gasteiger partial charge on any atom is 0.159 e. The first kappa shape index (κ1) is 14.4. The van der Waals surface area contributed by atoms with Gasteiger partial charge in [-0.25, -0.2) is 8.78 Å². The number of hydrogen-bond acceptors (Lipinski definition) is 2. The SMILES string of the molecule is CN(Cc1ccc(F)c(F)c1)c1ccccc1C(N)=S. The van der Waals surface area contributed by atoms with Gasteiger partial charge in [0.25, 0.3) is 0 Å². The zero-order chi connectivity index (χ0) is 14.7. The van der Waals surface area contributed by atoms with Crippen molar-refractivity contribution in [2.24, 2.45) is 5.73 Å². The molecular formula is C15H14F2N2S. The lowest BCUT2D eigenvalue weighted by Crippen LogP contribution is -2.21. The van der Waals surface area contributed by atoms with E-state index in [-0.39, 0.29) is 0 Å². The number of hydrogen-bond donors (Lipinski definition) is 1. The monoisotopic (exact) mass is 292 g/mol. The van der Waals surface area contributed by atoms with E-state index in [1.165, 1.54) is 6.07 Å². The normalized spacial score (nSPS) is 10.3. The summed E-state index contributed by atoms with van der Waals surface area (Å²) in [5, 5.41) is 0. The van der Waals surface area contributed by atoms with Crippen molar-refractivity contribution in [1.82, 2.24) is 0 Å². The van der Waals surface area contributed by atoms with Gasteiger partial charge in [-0.05, 0) is 29.8 Å². The first-order chi connectivity index (χ1) is 9.49. The minimum Gasteiger partial charge on any atom is -0.389 e. The molecule has 0 amide bonds. The number of thiocarbonyl (C=S) groups is 1. The molecule has 2 rings (SSSR count). The largest absolute Gasteiger partial charge is 0.389 e. The summed E-state index contributed by atoms with van der Waals surface area (Å²) in [6.07, 6.45) is 0. The van der Waals surface area contributed by atoms with E-state index in [0.29, 0.717) is 17.1 Å². The standard InChI is InChI=1S/C15H14F2N2S/c1-19(9-10-6-7-12(16)13(17)8-10)14-5-3-2-4-11(14)15(18)20/h2-8H,9H2,1H3,(H2,18,20). The highest BCUT2D eigenvalue weighted by molar-refractivity contribution is 7.80. The minimum absolute atomic E-state index is 0.303. The Kier molecular flexibility index (Phi) is 4.29. The van der Waals surface area contributed by atoms with Gasteiger partial charge in [-0.1, -0.05) is 30.4 Å².